The highest BCUT2D eigenvalue weighted by molar-refractivity contribution is 7.08. The van der Waals surface area contributed by atoms with Gasteiger partial charge in [-0.2, -0.15) is 11.3 Å². The maximum Gasteiger partial charge on any atom is 0.227 e. The molecule has 2 aromatic heterocycles. The Labute approximate surface area is 99.5 Å². The van der Waals surface area contributed by atoms with E-state index in [-0.39, 0.29) is 0 Å². The van der Waals surface area contributed by atoms with E-state index in [0.29, 0.717) is 6.04 Å². The van der Waals surface area contributed by atoms with Gasteiger partial charge in [-0.15, -0.1) is 0 Å². The van der Waals surface area contributed by atoms with Crippen molar-refractivity contribution in [2.75, 3.05) is 0 Å². The van der Waals surface area contributed by atoms with Crippen molar-refractivity contribution in [2.24, 2.45) is 0 Å². The quantitative estimate of drug-likeness (QED) is 0.885. The van der Waals surface area contributed by atoms with E-state index in [9.17, 15) is 0 Å². The molecule has 0 aliphatic rings. The van der Waals surface area contributed by atoms with Crippen LogP contribution in [0.25, 0.3) is 11.5 Å². The van der Waals surface area contributed by atoms with Crippen molar-refractivity contribution in [3.05, 3.63) is 28.3 Å². The molecular weight excluding hydrogens is 220 g/mol. The van der Waals surface area contributed by atoms with Gasteiger partial charge in [0.25, 0.3) is 0 Å². The van der Waals surface area contributed by atoms with E-state index in [4.69, 9.17) is 4.42 Å². The Balaban J connectivity index is 2.11. The summed E-state index contributed by atoms with van der Waals surface area (Å²) in [6, 6.07) is 0.461. The predicted octanol–water partition coefficient (Wildman–Crippen LogP) is 3.21. The minimum absolute atomic E-state index is 0.461. The van der Waals surface area contributed by atoms with Crippen LogP contribution in [0.3, 0.4) is 0 Å². The molecular formula is C12H16N2OS. The third-order valence-corrected chi connectivity index (χ3v) is 3.19. The van der Waals surface area contributed by atoms with Crippen LogP contribution in [0, 0.1) is 6.92 Å². The summed E-state index contributed by atoms with van der Waals surface area (Å²) in [7, 11) is 0. The fourth-order valence-electron chi connectivity index (χ4n) is 1.40. The van der Waals surface area contributed by atoms with Crippen molar-refractivity contribution in [3.63, 3.8) is 0 Å². The number of aromatic nitrogens is 1. The molecule has 2 aromatic rings. The van der Waals surface area contributed by atoms with Crippen LogP contribution in [0.15, 0.2) is 21.4 Å². The minimum Gasteiger partial charge on any atom is -0.444 e. The molecule has 0 fully saturated rings. The molecule has 0 saturated heterocycles. The summed E-state index contributed by atoms with van der Waals surface area (Å²) in [4.78, 5) is 4.46. The van der Waals surface area contributed by atoms with Crippen molar-refractivity contribution in [2.45, 2.75) is 33.4 Å². The van der Waals surface area contributed by atoms with Crippen LogP contribution in [0.4, 0.5) is 0 Å². The standard InChI is InChI=1S/C12H16N2OS/c1-8(2)13-4-10-5-15-12(14-10)11-7-16-6-9(11)3/h5-8,13H,4H2,1-3H3. The molecule has 0 spiro atoms. The Bertz CT molecular complexity index is 459. The third-order valence-electron chi connectivity index (χ3n) is 2.33. The second kappa shape index (κ2) is 4.80. The number of rotatable bonds is 4. The summed E-state index contributed by atoms with van der Waals surface area (Å²) in [5, 5.41) is 7.49. The van der Waals surface area contributed by atoms with Gasteiger partial charge in [-0.1, -0.05) is 13.8 Å². The molecule has 0 aliphatic heterocycles. The maximum atomic E-state index is 5.48. The van der Waals surface area contributed by atoms with Crippen molar-refractivity contribution >= 4 is 11.3 Å². The predicted molar refractivity (Wildman–Crippen MR) is 66.5 cm³/mol. The topological polar surface area (TPSA) is 38.1 Å². The van der Waals surface area contributed by atoms with Crippen LogP contribution in [0.2, 0.25) is 0 Å². The molecule has 0 atom stereocenters. The fraction of sp³-hybridized carbons (Fsp3) is 0.417. The molecule has 0 bridgehead atoms. The van der Waals surface area contributed by atoms with Gasteiger partial charge in [-0.25, -0.2) is 4.98 Å². The SMILES string of the molecule is Cc1cscc1-c1nc(CNC(C)C)co1. The first-order chi connectivity index (χ1) is 7.66. The van der Waals surface area contributed by atoms with Crippen molar-refractivity contribution in [3.8, 4) is 11.5 Å². The Kier molecular flexibility index (Phi) is 3.41. The highest BCUT2D eigenvalue weighted by Crippen LogP contribution is 2.25. The third kappa shape index (κ3) is 2.51. The molecule has 0 radical (unpaired) electrons. The molecule has 0 unspecified atom stereocenters. The summed E-state index contributed by atoms with van der Waals surface area (Å²) in [6.07, 6.45) is 1.72. The monoisotopic (exact) mass is 236 g/mol. The number of hydrogen-bond acceptors (Lipinski definition) is 4. The van der Waals surface area contributed by atoms with Gasteiger partial charge in [0, 0.05) is 18.0 Å². The molecule has 86 valence electrons. The zero-order valence-corrected chi connectivity index (χ0v) is 10.6. The van der Waals surface area contributed by atoms with Crippen LogP contribution in [-0.2, 0) is 6.54 Å². The van der Waals surface area contributed by atoms with Gasteiger partial charge in [0.05, 0.1) is 11.3 Å². The van der Waals surface area contributed by atoms with Crippen LogP contribution in [0.1, 0.15) is 25.1 Å². The van der Waals surface area contributed by atoms with Gasteiger partial charge in [0.15, 0.2) is 0 Å². The summed E-state index contributed by atoms with van der Waals surface area (Å²) >= 11 is 1.67. The molecule has 3 nitrogen and oxygen atoms in total. The van der Waals surface area contributed by atoms with Gasteiger partial charge in [0.2, 0.25) is 5.89 Å². The first-order valence-electron chi connectivity index (χ1n) is 5.37. The first-order valence-corrected chi connectivity index (χ1v) is 6.32. The largest absolute Gasteiger partial charge is 0.444 e. The van der Waals surface area contributed by atoms with E-state index < -0.39 is 0 Å². The van der Waals surface area contributed by atoms with E-state index in [1.807, 2.05) is 0 Å². The van der Waals surface area contributed by atoms with Gasteiger partial charge < -0.3 is 9.73 Å². The lowest BCUT2D eigenvalue weighted by molar-refractivity contribution is 0.560. The lowest BCUT2D eigenvalue weighted by Crippen LogP contribution is -2.21. The summed E-state index contributed by atoms with van der Waals surface area (Å²) in [5.41, 5.74) is 3.27. The van der Waals surface area contributed by atoms with Crippen LogP contribution < -0.4 is 5.32 Å². The normalized spacial score (nSPS) is 11.2. The molecule has 0 aromatic carbocycles. The van der Waals surface area contributed by atoms with Gasteiger partial charge in [-0.3, -0.25) is 0 Å². The lowest BCUT2D eigenvalue weighted by Gasteiger charge is -2.03. The minimum atomic E-state index is 0.461. The Morgan fingerprint density at radius 1 is 1.44 bits per heavy atom. The highest BCUT2D eigenvalue weighted by Gasteiger charge is 2.09. The Morgan fingerprint density at radius 2 is 2.25 bits per heavy atom. The fourth-order valence-corrected chi connectivity index (χ4v) is 2.22. The Morgan fingerprint density at radius 3 is 2.88 bits per heavy atom. The molecule has 4 heteroatoms. The van der Waals surface area contributed by atoms with Crippen molar-refractivity contribution in [1.29, 1.82) is 0 Å². The summed E-state index contributed by atoms with van der Waals surface area (Å²) < 4.78 is 5.48. The average molecular weight is 236 g/mol. The second-order valence-corrected chi connectivity index (χ2v) is 4.89. The molecule has 0 amide bonds. The number of nitrogens with one attached hydrogen (secondary N) is 1. The molecule has 0 aliphatic carbocycles. The molecule has 1 N–H and O–H groups in total. The number of aryl methyl sites for hydroxylation is 1. The van der Waals surface area contributed by atoms with E-state index in [1.165, 1.54) is 5.56 Å². The van der Waals surface area contributed by atoms with Gasteiger partial charge in [-0.05, 0) is 17.9 Å². The van der Waals surface area contributed by atoms with E-state index in [2.05, 4.69) is 41.8 Å². The van der Waals surface area contributed by atoms with Crippen LogP contribution in [-0.4, -0.2) is 11.0 Å². The van der Waals surface area contributed by atoms with Gasteiger partial charge >= 0.3 is 0 Å². The zero-order valence-electron chi connectivity index (χ0n) is 9.78. The highest BCUT2D eigenvalue weighted by atomic mass is 32.1. The lowest BCUT2D eigenvalue weighted by atomic mass is 10.2. The molecule has 2 rings (SSSR count). The molecule has 16 heavy (non-hydrogen) atoms. The smallest absolute Gasteiger partial charge is 0.227 e. The van der Waals surface area contributed by atoms with Crippen LogP contribution >= 0.6 is 11.3 Å². The van der Waals surface area contributed by atoms with E-state index in [0.717, 1.165) is 23.7 Å². The average Bonchev–Trinajstić information content (AvgIpc) is 2.83. The second-order valence-electron chi connectivity index (χ2n) is 4.15. The molecule has 0 saturated carbocycles. The van der Waals surface area contributed by atoms with E-state index in [1.54, 1.807) is 17.6 Å². The summed E-state index contributed by atoms with van der Waals surface area (Å²) in [6.45, 7) is 7.06. The van der Waals surface area contributed by atoms with Gasteiger partial charge in [0.1, 0.15) is 6.26 Å². The number of nitrogens with zero attached hydrogens (tertiary/aromatic N) is 1. The number of oxazole rings is 1. The zero-order chi connectivity index (χ0) is 11.5. The first kappa shape index (κ1) is 11.4. The Hall–Kier alpha value is -1.13. The van der Waals surface area contributed by atoms with Crippen molar-refractivity contribution < 1.29 is 4.42 Å². The maximum absolute atomic E-state index is 5.48. The van der Waals surface area contributed by atoms with Crippen LogP contribution in [0.5, 0.6) is 0 Å². The number of hydrogen-bond donors (Lipinski definition) is 1. The molecule has 2 heterocycles. The summed E-state index contributed by atoms with van der Waals surface area (Å²) in [5.74, 6) is 0.722. The van der Waals surface area contributed by atoms with Crippen molar-refractivity contribution in [1.82, 2.24) is 10.3 Å². The number of thiophene rings is 1. The van der Waals surface area contributed by atoms with E-state index >= 15 is 0 Å².